The molecule has 0 aliphatic rings. The lowest BCUT2D eigenvalue weighted by atomic mass is 10.3. The van der Waals surface area contributed by atoms with Crippen LogP contribution in [-0.4, -0.2) is 20.4 Å². The van der Waals surface area contributed by atoms with E-state index >= 15 is 0 Å². The first-order chi connectivity index (χ1) is 7.61. The van der Waals surface area contributed by atoms with Gasteiger partial charge in [0.25, 0.3) is 0 Å². The summed E-state index contributed by atoms with van der Waals surface area (Å²) < 4.78 is 0. The molecule has 0 saturated heterocycles. The van der Waals surface area contributed by atoms with Crippen LogP contribution in [0.2, 0.25) is 0 Å². The van der Waals surface area contributed by atoms with Gasteiger partial charge in [-0.2, -0.15) is 0 Å². The van der Waals surface area contributed by atoms with Crippen molar-refractivity contribution in [1.82, 2.24) is 0 Å². The number of hydrogen-bond donors (Lipinski definition) is 4. The lowest BCUT2D eigenvalue weighted by molar-refractivity contribution is 0.368. The average molecular weight is 220 g/mol. The Morgan fingerprint density at radius 3 is 1.38 bits per heavy atom. The highest BCUT2D eigenvalue weighted by Crippen LogP contribution is 2.32. The van der Waals surface area contributed by atoms with Crippen molar-refractivity contribution in [2.24, 2.45) is 0 Å². The largest absolute Gasteiger partial charge is 0.508 e. The van der Waals surface area contributed by atoms with Crippen LogP contribution >= 0.6 is 0 Å². The van der Waals surface area contributed by atoms with Crippen LogP contribution in [-0.2, 0) is 0 Å². The van der Waals surface area contributed by atoms with Crippen LogP contribution in [0.3, 0.4) is 0 Å². The highest BCUT2D eigenvalue weighted by atomic mass is 16.3. The van der Waals surface area contributed by atoms with Crippen LogP contribution in [0.5, 0.6) is 23.0 Å². The van der Waals surface area contributed by atoms with Gasteiger partial charge in [-0.1, -0.05) is 24.3 Å². The standard InChI is InChI=1S/C6H6O3.C6H6O/c7-4-2-1-3-5(8)6(4)9;7-6-4-2-1-3-5-6/h1-3,7-9H;1-5,7H. The van der Waals surface area contributed by atoms with Crippen molar-refractivity contribution in [2.45, 2.75) is 0 Å². The fraction of sp³-hybridized carbons (Fsp3) is 0. The molecule has 4 N–H and O–H groups in total. The molecule has 0 amide bonds. The summed E-state index contributed by atoms with van der Waals surface area (Å²) in [6, 6.07) is 12.7. The lowest BCUT2D eigenvalue weighted by Crippen LogP contribution is -1.67. The Morgan fingerprint density at radius 2 is 1.06 bits per heavy atom. The van der Waals surface area contributed by atoms with Gasteiger partial charge in [0.15, 0.2) is 17.2 Å². The molecule has 0 saturated carbocycles. The Labute approximate surface area is 92.7 Å². The fourth-order valence-electron chi connectivity index (χ4n) is 0.947. The smallest absolute Gasteiger partial charge is 0.200 e. The summed E-state index contributed by atoms with van der Waals surface area (Å²) in [6.07, 6.45) is 0. The molecule has 0 radical (unpaired) electrons. The minimum absolute atomic E-state index is 0.310. The summed E-state index contributed by atoms with van der Waals surface area (Å²) in [4.78, 5) is 0. The number of aromatic hydroxyl groups is 4. The van der Waals surface area contributed by atoms with Gasteiger partial charge in [-0.3, -0.25) is 0 Å². The minimum atomic E-state index is -0.475. The molecular formula is C12H12O4. The third kappa shape index (κ3) is 3.42. The van der Waals surface area contributed by atoms with E-state index in [4.69, 9.17) is 20.4 Å². The number of phenolic OH excluding ortho intramolecular Hbond substituents is 4. The van der Waals surface area contributed by atoms with Gasteiger partial charge in [0.05, 0.1) is 0 Å². The van der Waals surface area contributed by atoms with Crippen molar-refractivity contribution in [3.05, 3.63) is 48.5 Å². The van der Waals surface area contributed by atoms with Gasteiger partial charge in [0.1, 0.15) is 5.75 Å². The Kier molecular flexibility index (Phi) is 4.03. The Bertz CT molecular complexity index is 420. The van der Waals surface area contributed by atoms with Crippen LogP contribution in [0, 0.1) is 0 Å². The molecule has 0 unspecified atom stereocenters. The molecule has 16 heavy (non-hydrogen) atoms. The zero-order valence-electron chi connectivity index (χ0n) is 8.41. The average Bonchev–Trinajstić information content (AvgIpc) is 2.28. The highest BCUT2D eigenvalue weighted by Gasteiger charge is 2.00. The van der Waals surface area contributed by atoms with E-state index in [-0.39, 0.29) is 11.5 Å². The number of rotatable bonds is 0. The molecule has 0 heterocycles. The van der Waals surface area contributed by atoms with E-state index in [1.54, 1.807) is 24.3 Å². The minimum Gasteiger partial charge on any atom is -0.508 e. The second-order valence-electron chi connectivity index (χ2n) is 2.98. The predicted octanol–water partition coefficient (Wildman–Crippen LogP) is 2.20. The van der Waals surface area contributed by atoms with Crippen LogP contribution in [0.1, 0.15) is 0 Å². The van der Waals surface area contributed by atoms with Crippen molar-refractivity contribution < 1.29 is 20.4 Å². The first kappa shape index (κ1) is 11.7. The zero-order valence-corrected chi connectivity index (χ0v) is 8.41. The summed E-state index contributed by atoms with van der Waals surface area (Å²) in [5.41, 5.74) is 0. The van der Waals surface area contributed by atoms with Gasteiger partial charge in [-0.25, -0.2) is 0 Å². The van der Waals surface area contributed by atoms with E-state index in [9.17, 15) is 0 Å². The van der Waals surface area contributed by atoms with Crippen LogP contribution < -0.4 is 0 Å². The molecule has 2 aromatic carbocycles. The maximum atomic E-state index is 8.71. The van der Waals surface area contributed by atoms with E-state index in [1.165, 1.54) is 18.2 Å². The molecule has 4 nitrogen and oxygen atoms in total. The van der Waals surface area contributed by atoms with Crippen molar-refractivity contribution in [3.63, 3.8) is 0 Å². The van der Waals surface area contributed by atoms with Gasteiger partial charge >= 0.3 is 0 Å². The molecule has 84 valence electrons. The van der Waals surface area contributed by atoms with Gasteiger partial charge in [-0.15, -0.1) is 0 Å². The van der Waals surface area contributed by atoms with Crippen molar-refractivity contribution >= 4 is 0 Å². The van der Waals surface area contributed by atoms with Crippen molar-refractivity contribution in [3.8, 4) is 23.0 Å². The molecule has 0 spiro atoms. The first-order valence-electron chi connectivity index (χ1n) is 4.55. The topological polar surface area (TPSA) is 80.9 Å². The third-order valence-electron chi connectivity index (χ3n) is 1.75. The molecule has 4 heteroatoms. The summed E-state index contributed by atoms with van der Waals surface area (Å²) in [5.74, 6) is -0.773. The monoisotopic (exact) mass is 220 g/mol. The molecule has 0 bridgehead atoms. The zero-order chi connectivity index (χ0) is 12.0. The summed E-state index contributed by atoms with van der Waals surface area (Å²) in [6.45, 7) is 0. The quantitative estimate of drug-likeness (QED) is 0.513. The molecule has 2 rings (SSSR count). The summed E-state index contributed by atoms with van der Waals surface area (Å²) >= 11 is 0. The molecule has 0 atom stereocenters. The number of para-hydroxylation sites is 2. The van der Waals surface area contributed by atoms with Crippen LogP contribution in [0.4, 0.5) is 0 Å². The maximum absolute atomic E-state index is 8.71. The van der Waals surface area contributed by atoms with Crippen molar-refractivity contribution in [1.29, 1.82) is 0 Å². The Morgan fingerprint density at radius 1 is 0.562 bits per heavy atom. The summed E-state index contributed by atoms with van der Waals surface area (Å²) in [7, 11) is 0. The second kappa shape index (κ2) is 5.50. The van der Waals surface area contributed by atoms with Gasteiger partial charge in [0.2, 0.25) is 0 Å². The second-order valence-corrected chi connectivity index (χ2v) is 2.98. The third-order valence-corrected chi connectivity index (χ3v) is 1.75. The van der Waals surface area contributed by atoms with Gasteiger partial charge in [0, 0.05) is 0 Å². The van der Waals surface area contributed by atoms with E-state index in [0.717, 1.165) is 0 Å². The summed E-state index contributed by atoms with van der Waals surface area (Å²) in [5, 5.41) is 34.7. The van der Waals surface area contributed by atoms with Gasteiger partial charge in [-0.05, 0) is 24.3 Å². The Balaban J connectivity index is 0.000000165. The number of phenols is 4. The molecular weight excluding hydrogens is 208 g/mol. The van der Waals surface area contributed by atoms with Crippen molar-refractivity contribution in [2.75, 3.05) is 0 Å². The molecule has 0 aliphatic heterocycles. The maximum Gasteiger partial charge on any atom is 0.200 e. The van der Waals surface area contributed by atoms with Gasteiger partial charge < -0.3 is 20.4 Å². The van der Waals surface area contributed by atoms with E-state index < -0.39 is 5.75 Å². The van der Waals surface area contributed by atoms with Crippen LogP contribution in [0.15, 0.2) is 48.5 Å². The van der Waals surface area contributed by atoms with E-state index in [0.29, 0.717) is 5.75 Å². The molecule has 0 aromatic heterocycles. The Hall–Kier alpha value is -2.36. The van der Waals surface area contributed by atoms with Crippen LogP contribution in [0.25, 0.3) is 0 Å². The first-order valence-corrected chi connectivity index (χ1v) is 4.55. The lowest BCUT2D eigenvalue weighted by Gasteiger charge is -1.96. The number of benzene rings is 2. The van der Waals surface area contributed by atoms with E-state index in [1.807, 2.05) is 6.07 Å². The number of hydrogen-bond acceptors (Lipinski definition) is 4. The predicted molar refractivity (Wildman–Crippen MR) is 59.5 cm³/mol. The fourth-order valence-corrected chi connectivity index (χ4v) is 0.947. The van der Waals surface area contributed by atoms with E-state index in [2.05, 4.69) is 0 Å². The molecule has 0 aliphatic carbocycles. The molecule has 0 fully saturated rings. The highest BCUT2D eigenvalue weighted by molar-refractivity contribution is 5.47. The normalized spacial score (nSPS) is 9.00. The molecule has 2 aromatic rings. The SMILES string of the molecule is Oc1cccc(O)c1O.Oc1ccccc1.